The van der Waals surface area contributed by atoms with Gasteiger partial charge >= 0.3 is 0 Å². The number of fused-ring (bicyclic) bond motifs is 1. The van der Waals surface area contributed by atoms with E-state index in [9.17, 15) is 4.79 Å². The maximum atomic E-state index is 12.8. The number of amides is 1. The fraction of sp³-hybridized carbons (Fsp3) is 0.130. The van der Waals surface area contributed by atoms with E-state index in [0.717, 1.165) is 22.3 Å². The molecule has 0 aliphatic carbocycles. The van der Waals surface area contributed by atoms with Gasteiger partial charge in [-0.1, -0.05) is 48.0 Å². The Labute approximate surface area is 173 Å². The van der Waals surface area contributed by atoms with Crippen LogP contribution >= 0.6 is 11.6 Å². The number of anilines is 1. The predicted molar refractivity (Wildman–Crippen MR) is 115 cm³/mol. The smallest absolute Gasteiger partial charge is 0.244 e. The summed E-state index contributed by atoms with van der Waals surface area (Å²) in [6.07, 6.45) is 0. The van der Waals surface area contributed by atoms with Crippen molar-refractivity contribution < 1.29 is 9.53 Å². The van der Waals surface area contributed by atoms with Crippen molar-refractivity contribution in [2.75, 3.05) is 5.32 Å². The van der Waals surface area contributed by atoms with Crippen molar-refractivity contribution in [3.8, 4) is 5.75 Å². The molecule has 146 valence electrons. The summed E-state index contributed by atoms with van der Waals surface area (Å²) in [7, 11) is 0. The van der Waals surface area contributed by atoms with E-state index in [1.165, 1.54) is 0 Å². The van der Waals surface area contributed by atoms with Crippen molar-refractivity contribution in [3.63, 3.8) is 0 Å². The Hall–Kier alpha value is -3.31. The van der Waals surface area contributed by atoms with Gasteiger partial charge in [0.2, 0.25) is 5.91 Å². The van der Waals surface area contributed by atoms with E-state index in [0.29, 0.717) is 16.5 Å². The van der Waals surface area contributed by atoms with E-state index >= 15 is 0 Å². The third kappa shape index (κ3) is 4.25. The molecule has 0 saturated heterocycles. The number of para-hydroxylation sites is 3. The molecule has 4 aromatic rings. The zero-order valence-corrected chi connectivity index (χ0v) is 16.7. The summed E-state index contributed by atoms with van der Waals surface area (Å²) in [5.41, 5.74) is 3.25. The van der Waals surface area contributed by atoms with E-state index in [1.807, 2.05) is 78.2 Å². The van der Waals surface area contributed by atoms with Crippen molar-refractivity contribution >= 4 is 34.2 Å². The summed E-state index contributed by atoms with van der Waals surface area (Å²) in [6, 6.07) is 22.7. The van der Waals surface area contributed by atoms with Crippen LogP contribution in [0, 0.1) is 6.92 Å². The van der Waals surface area contributed by atoms with Gasteiger partial charge in [-0.3, -0.25) is 4.79 Å². The van der Waals surface area contributed by atoms with Crippen molar-refractivity contribution in [1.29, 1.82) is 0 Å². The molecule has 0 radical (unpaired) electrons. The lowest BCUT2D eigenvalue weighted by atomic mass is 10.2. The van der Waals surface area contributed by atoms with E-state index in [4.69, 9.17) is 16.3 Å². The Kier molecular flexibility index (Phi) is 5.49. The topological polar surface area (TPSA) is 56.2 Å². The number of hydrogen-bond donors (Lipinski definition) is 1. The van der Waals surface area contributed by atoms with Gasteiger partial charge in [-0.2, -0.15) is 0 Å². The van der Waals surface area contributed by atoms with Crippen molar-refractivity contribution in [3.05, 3.63) is 89.2 Å². The van der Waals surface area contributed by atoms with Crippen LogP contribution < -0.4 is 10.1 Å². The first-order chi connectivity index (χ1) is 14.1. The third-order valence-corrected chi connectivity index (χ3v) is 5.10. The SMILES string of the molecule is Cc1c(Cl)cccc1NC(=O)Cn1c(COc2ccccc2)nc2ccccc21. The van der Waals surface area contributed by atoms with Gasteiger partial charge in [0.15, 0.2) is 0 Å². The molecule has 6 heteroatoms. The molecular formula is C23H20ClN3O2. The van der Waals surface area contributed by atoms with Gasteiger partial charge in [0.1, 0.15) is 24.7 Å². The molecule has 0 aliphatic rings. The molecule has 0 bridgehead atoms. The number of imidazole rings is 1. The fourth-order valence-electron chi connectivity index (χ4n) is 3.15. The first-order valence-corrected chi connectivity index (χ1v) is 9.66. The number of aromatic nitrogens is 2. The standard InChI is InChI=1S/C23H20ClN3O2/c1-16-18(24)10-7-12-19(16)26-23(28)14-27-21-13-6-5-11-20(21)25-22(27)15-29-17-8-3-2-4-9-17/h2-13H,14-15H2,1H3,(H,26,28). The number of carbonyl (C=O) groups is 1. The first kappa shape index (κ1) is 19.0. The first-order valence-electron chi connectivity index (χ1n) is 9.29. The summed E-state index contributed by atoms with van der Waals surface area (Å²) in [5.74, 6) is 1.29. The van der Waals surface area contributed by atoms with Crippen LogP contribution in [0.4, 0.5) is 5.69 Å². The number of halogens is 1. The minimum Gasteiger partial charge on any atom is -0.486 e. The summed E-state index contributed by atoms with van der Waals surface area (Å²) in [5, 5.41) is 3.56. The Morgan fingerprint density at radius 1 is 1.03 bits per heavy atom. The summed E-state index contributed by atoms with van der Waals surface area (Å²) >= 11 is 6.16. The molecule has 0 fully saturated rings. The molecule has 3 aromatic carbocycles. The van der Waals surface area contributed by atoms with E-state index in [2.05, 4.69) is 10.3 Å². The molecule has 1 amide bonds. The third-order valence-electron chi connectivity index (χ3n) is 4.69. The molecule has 29 heavy (non-hydrogen) atoms. The lowest BCUT2D eigenvalue weighted by Gasteiger charge is -2.12. The minimum atomic E-state index is -0.153. The molecule has 0 unspecified atom stereocenters. The minimum absolute atomic E-state index is 0.125. The normalized spacial score (nSPS) is 10.8. The van der Waals surface area contributed by atoms with Gasteiger partial charge in [-0.15, -0.1) is 0 Å². The monoisotopic (exact) mass is 405 g/mol. The van der Waals surface area contributed by atoms with Crippen LogP contribution in [0.5, 0.6) is 5.75 Å². The van der Waals surface area contributed by atoms with Gasteiger partial charge in [0.05, 0.1) is 11.0 Å². The number of hydrogen-bond acceptors (Lipinski definition) is 3. The predicted octanol–water partition coefficient (Wildman–Crippen LogP) is 5.22. The molecule has 0 saturated carbocycles. The number of nitrogens with one attached hydrogen (secondary N) is 1. The zero-order valence-electron chi connectivity index (χ0n) is 15.9. The van der Waals surface area contributed by atoms with Crippen LogP contribution in [0.2, 0.25) is 5.02 Å². The van der Waals surface area contributed by atoms with Gasteiger partial charge in [-0.25, -0.2) is 4.98 Å². The Bertz CT molecular complexity index is 1160. The Morgan fingerprint density at radius 2 is 1.79 bits per heavy atom. The molecule has 1 aromatic heterocycles. The second-order valence-corrected chi connectivity index (χ2v) is 7.07. The Balaban J connectivity index is 1.58. The molecule has 1 heterocycles. The molecule has 0 spiro atoms. The second-order valence-electron chi connectivity index (χ2n) is 6.67. The van der Waals surface area contributed by atoms with Gasteiger partial charge in [0, 0.05) is 10.7 Å². The largest absolute Gasteiger partial charge is 0.486 e. The highest BCUT2D eigenvalue weighted by Gasteiger charge is 2.15. The number of carbonyl (C=O) groups excluding carboxylic acids is 1. The van der Waals surface area contributed by atoms with Crippen LogP contribution in [0.25, 0.3) is 11.0 Å². The molecule has 0 atom stereocenters. The average Bonchev–Trinajstić information content (AvgIpc) is 3.08. The molecular weight excluding hydrogens is 386 g/mol. The number of ether oxygens (including phenoxy) is 1. The summed E-state index contributed by atoms with van der Waals surface area (Å²) < 4.78 is 7.75. The summed E-state index contributed by atoms with van der Waals surface area (Å²) in [6.45, 7) is 2.27. The van der Waals surface area contributed by atoms with Crippen LogP contribution in [-0.2, 0) is 17.9 Å². The summed E-state index contributed by atoms with van der Waals surface area (Å²) in [4.78, 5) is 17.4. The van der Waals surface area contributed by atoms with Crippen molar-refractivity contribution in [2.45, 2.75) is 20.1 Å². The highest BCUT2D eigenvalue weighted by Crippen LogP contribution is 2.23. The molecule has 5 nitrogen and oxygen atoms in total. The molecule has 0 aliphatic heterocycles. The van der Waals surface area contributed by atoms with Crippen LogP contribution in [-0.4, -0.2) is 15.5 Å². The van der Waals surface area contributed by atoms with Gasteiger partial charge in [0.25, 0.3) is 0 Å². The highest BCUT2D eigenvalue weighted by atomic mass is 35.5. The van der Waals surface area contributed by atoms with Crippen LogP contribution in [0.15, 0.2) is 72.8 Å². The van der Waals surface area contributed by atoms with E-state index < -0.39 is 0 Å². The lowest BCUT2D eigenvalue weighted by Crippen LogP contribution is -2.21. The molecule has 1 N–H and O–H groups in total. The maximum absolute atomic E-state index is 12.8. The van der Waals surface area contributed by atoms with Crippen LogP contribution in [0.3, 0.4) is 0 Å². The lowest BCUT2D eigenvalue weighted by molar-refractivity contribution is -0.116. The average molecular weight is 406 g/mol. The quantitative estimate of drug-likeness (QED) is 0.478. The number of benzene rings is 3. The molecule has 4 rings (SSSR count). The van der Waals surface area contributed by atoms with Crippen molar-refractivity contribution in [1.82, 2.24) is 9.55 Å². The zero-order chi connectivity index (χ0) is 20.2. The highest BCUT2D eigenvalue weighted by molar-refractivity contribution is 6.31. The van der Waals surface area contributed by atoms with E-state index in [1.54, 1.807) is 6.07 Å². The second kappa shape index (κ2) is 8.37. The van der Waals surface area contributed by atoms with Crippen LogP contribution in [0.1, 0.15) is 11.4 Å². The maximum Gasteiger partial charge on any atom is 0.244 e. The number of rotatable bonds is 6. The van der Waals surface area contributed by atoms with Gasteiger partial charge < -0.3 is 14.6 Å². The van der Waals surface area contributed by atoms with Crippen molar-refractivity contribution in [2.24, 2.45) is 0 Å². The Morgan fingerprint density at radius 3 is 2.62 bits per heavy atom. The number of nitrogens with zero attached hydrogens (tertiary/aromatic N) is 2. The fourth-order valence-corrected chi connectivity index (χ4v) is 3.33. The van der Waals surface area contributed by atoms with E-state index in [-0.39, 0.29) is 19.1 Å². The van der Waals surface area contributed by atoms with Gasteiger partial charge in [-0.05, 0) is 48.9 Å².